The first-order chi connectivity index (χ1) is 18.3. The van der Waals surface area contributed by atoms with Crippen molar-refractivity contribution in [1.29, 1.82) is 0 Å². The second-order valence-corrected chi connectivity index (χ2v) is 9.41. The first kappa shape index (κ1) is 27.1. The molecule has 3 N–H and O–H groups in total. The quantitative estimate of drug-likeness (QED) is 0.346. The lowest BCUT2D eigenvalue weighted by Crippen LogP contribution is -2.34. The molecule has 1 aliphatic rings. The van der Waals surface area contributed by atoms with Crippen molar-refractivity contribution in [3.8, 4) is 11.5 Å². The minimum absolute atomic E-state index is 0.0843. The number of amides is 2. The van der Waals surface area contributed by atoms with E-state index in [1.165, 1.54) is 4.68 Å². The summed E-state index contributed by atoms with van der Waals surface area (Å²) >= 11 is 6.13. The van der Waals surface area contributed by atoms with Crippen molar-refractivity contribution in [3.05, 3.63) is 91.9 Å². The lowest BCUT2D eigenvalue weighted by Gasteiger charge is -2.14. The van der Waals surface area contributed by atoms with Crippen LogP contribution in [-0.2, 0) is 35.5 Å². The van der Waals surface area contributed by atoms with Crippen LogP contribution in [0.1, 0.15) is 34.7 Å². The van der Waals surface area contributed by atoms with Crippen LogP contribution < -0.4 is 31.1 Å². The molecule has 0 spiro atoms. The number of aryl methyl sites for hydroxylation is 1. The smallest absolute Gasteiger partial charge is 0.272 e. The van der Waals surface area contributed by atoms with E-state index in [1.54, 1.807) is 37.4 Å². The molecule has 0 atom stereocenters. The maximum atomic E-state index is 13.1. The molecule has 9 nitrogen and oxygen atoms in total. The van der Waals surface area contributed by atoms with Crippen LogP contribution >= 0.6 is 11.6 Å². The third kappa shape index (κ3) is 6.86. The van der Waals surface area contributed by atoms with Crippen molar-refractivity contribution in [2.24, 2.45) is 0 Å². The fourth-order valence-corrected chi connectivity index (χ4v) is 4.36. The van der Waals surface area contributed by atoms with E-state index >= 15 is 0 Å². The van der Waals surface area contributed by atoms with Crippen LogP contribution in [0.25, 0.3) is 0 Å². The van der Waals surface area contributed by atoms with Crippen molar-refractivity contribution >= 4 is 23.4 Å². The number of pyridine rings is 1. The van der Waals surface area contributed by atoms with Gasteiger partial charge in [0.15, 0.2) is 6.61 Å². The molecule has 0 unspecified atom stereocenters. The van der Waals surface area contributed by atoms with E-state index < -0.39 is 0 Å². The number of hydrogen-bond acceptors (Lipinski definition) is 6. The second-order valence-electron chi connectivity index (χ2n) is 8.98. The molecule has 0 bridgehead atoms. The van der Waals surface area contributed by atoms with E-state index in [2.05, 4.69) is 22.1 Å². The van der Waals surface area contributed by atoms with Crippen LogP contribution in [0.5, 0.6) is 11.5 Å². The second kappa shape index (κ2) is 12.5. The van der Waals surface area contributed by atoms with Gasteiger partial charge < -0.3 is 25.5 Å². The number of nitrogens with one attached hydrogen (secondary N) is 3. The van der Waals surface area contributed by atoms with Crippen LogP contribution in [0, 0.1) is 6.92 Å². The average Bonchev–Trinajstić information content (AvgIpc) is 3.37. The van der Waals surface area contributed by atoms with Gasteiger partial charge in [0.05, 0.1) is 19.6 Å². The average molecular weight is 539 g/mol. The first-order valence-electron chi connectivity index (χ1n) is 12.5. The van der Waals surface area contributed by atoms with Gasteiger partial charge in [0.25, 0.3) is 11.5 Å². The van der Waals surface area contributed by atoms with E-state index in [4.69, 9.17) is 21.1 Å². The van der Waals surface area contributed by atoms with Crippen LogP contribution in [0.2, 0.25) is 5.02 Å². The minimum atomic E-state index is -0.323. The number of likely N-dealkylation sites (N-methyl/N-ethyl adjacent to an activating group) is 1. The molecule has 200 valence electrons. The highest BCUT2D eigenvalue weighted by Crippen LogP contribution is 2.26. The number of nitrogens with zero attached hydrogens (tertiary/aromatic N) is 1. The summed E-state index contributed by atoms with van der Waals surface area (Å²) in [5, 5.41) is 5.97. The Hall–Kier alpha value is -3.98. The topological polar surface area (TPSA) is 111 Å². The Morgan fingerprint density at radius 3 is 2.74 bits per heavy atom. The number of hydrogen-bond donors (Lipinski definition) is 3. The Labute approximate surface area is 226 Å². The fraction of sp³-hybridized carbons (Fsp3) is 0.321. The van der Waals surface area contributed by atoms with Gasteiger partial charge >= 0.3 is 0 Å². The first-order valence-corrected chi connectivity index (χ1v) is 12.9. The van der Waals surface area contributed by atoms with Crippen molar-refractivity contribution in [2.75, 3.05) is 25.2 Å². The van der Waals surface area contributed by atoms with E-state index in [-0.39, 0.29) is 36.9 Å². The molecule has 38 heavy (non-hydrogen) atoms. The molecular weight excluding hydrogens is 508 g/mol. The summed E-state index contributed by atoms with van der Waals surface area (Å²) in [6, 6.07) is 12.8. The number of benzene rings is 2. The maximum absolute atomic E-state index is 13.1. The third-order valence-electron chi connectivity index (χ3n) is 6.20. The number of fused-ring (bicyclic) bond motifs is 1. The standard InChI is InChI=1S/C28H31ClN4O5/c1-3-30-27(35)17-38-25-7-5-22(29)13-21(25)16-31-26(34)14-23-18(2)8-10-33(28(23)36)32-15-19-4-6-24-20(12-19)9-11-37-24/h4-8,10,12-13,32H,3,9,11,14-17H2,1-2H3,(H,30,35)(H,31,34). The lowest BCUT2D eigenvalue weighted by atomic mass is 10.1. The van der Waals surface area contributed by atoms with E-state index in [0.717, 1.165) is 28.9 Å². The highest BCUT2D eigenvalue weighted by atomic mass is 35.5. The van der Waals surface area contributed by atoms with Crippen molar-refractivity contribution in [2.45, 2.75) is 39.8 Å². The summed E-state index contributed by atoms with van der Waals surface area (Å²) in [6.07, 6.45) is 2.46. The number of carbonyl (C=O) groups is 2. The summed E-state index contributed by atoms with van der Waals surface area (Å²) in [4.78, 5) is 37.7. The van der Waals surface area contributed by atoms with Gasteiger partial charge in [0.2, 0.25) is 5.91 Å². The molecule has 0 aliphatic carbocycles. The molecule has 2 amide bonds. The highest BCUT2D eigenvalue weighted by Gasteiger charge is 2.15. The van der Waals surface area contributed by atoms with Gasteiger partial charge in [0.1, 0.15) is 11.5 Å². The molecule has 0 saturated heterocycles. The van der Waals surface area contributed by atoms with Crippen LogP contribution in [-0.4, -0.2) is 36.2 Å². The molecule has 10 heteroatoms. The molecule has 1 aliphatic heterocycles. The van der Waals surface area contributed by atoms with Gasteiger partial charge in [0, 0.05) is 41.9 Å². The molecule has 4 rings (SSSR count). The van der Waals surface area contributed by atoms with Crippen molar-refractivity contribution < 1.29 is 19.1 Å². The highest BCUT2D eigenvalue weighted by molar-refractivity contribution is 6.30. The number of aromatic nitrogens is 1. The van der Waals surface area contributed by atoms with Gasteiger partial charge in [-0.05, 0) is 60.9 Å². The zero-order chi connectivity index (χ0) is 27.1. The molecule has 3 aromatic rings. The fourth-order valence-electron chi connectivity index (χ4n) is 4.17. The van der Waals surface area contributed by atoms with Crippen molar-refractivity contribution in [1.82, 2.24) is 15.3 Å². The number of halogens is 1. The zero-order valence-corrected chi connectivity index (χ0v) is 22.2. The Balaban J connectivity index is 1.38. The van der Waals surface area contributed by atoms with Crippen LogP contribution in [0.15, 0.2) is 53.5 Å². The predicted molar refractivity (Wildman–Crippen MR) is 145 cm³/mol. The van der Waals surface area contributed by atoms with E-state index in [9.17, 15) is 14.4 Å². The van der Waals surface area contributed by atoms with Gasteiger partial charge in [-0.25, -0.2) is 4.68 Å². The molecule has 0 radical (unpaired) electrons. The summed E-state index contributed by atoms with van der Waals surface area (Å²) in [7, 11) is 0. The summed E-state index contributed by atoms with van der Waals surface area (Å²) < 4.78 is 12.6. The summed E-state index contributed by atoms with van der Waals surface area (Å²) in [5.41, 5.74) is 6.80. The predicted octanol–water partition coefficient (Wildman–Crippen LogP) is 2.86. The van der Waals surface area contributed by atoms with E-state index in [1.807, 2.05) is 19.1 Å². The summed E-state index contributed by atoms with van der Waals surface area (Å²) in [5.74, 6) is 0.790. The largest absolute Gasteiger partial charge is 0.493 e. The number of rotatable bonds is 11. The van der Waals surface area contributed by atoms with Gasteiger partial charge in [-0.3, -0.25) is 14.4 Å². The molecule has 1 aromatic heterocycles. The molecule has 2 heterocycles. The SMILES string of the molecule is CCNC(=O)COc1ccc(Cl)cc1CNC(=O)Cc1c(C)ccn(NCc2ccc3c(c2)CCO3)c1=O. The molecule has 0 fully saturated rings. The zero-order valence-electron chi connectivity index (χ0n) is 21.4. The summed E-state index contributed by atoms with van der Waals surface area (Å²) in [6.45, 7) is 5.26. The molecule has 2 aromatic carbocycles. The Kier molecular flexibility index (Phi) is 8.91. The Morgan fingerprint density at radius 2 is 1.92 bits per heavy atom. The van der Waals surface area contributed by atoms with Crippen LogP contribution in [0.4, 0.5) is 0 Å². The van der Waals surface area contributed by atoms with E-state index in [0.29, 0.717) is 41.6 Å². The van der Waals surface area contributed by atoms with Gasteiger partial charge in [-0.2, -0.15) is 0 Å². The Morgan fingerprint density at radius 1 is 1.08 bits per heavy atom. The number of carbonyl (C=O) groups excluding carboxylic acids is 2. The lowest BCUT2D eigenvalue weighted by molar-refractivity contribution is -0.123. The van der Waals surface area contributed by atoms with Gasteiger partial charge in [-0.15, -0.1) is 0 Å². The monoisotopic (exact) mass is 538 g/mol. The maximum Gasteiger partial charge on any atom is 0.272 e. The third-order valence-corrected chi connectivity index (χ3v) is 6.44. The number of ether oxygens (including phenoxy) is 2. The molecule has 0 saturated carbocycles. The van der Waals surface area contributed by atoms with Gasteiger partial charge in [-0.1, -0.05) is 23.7 Å². The normalized spacial score (nSPS) is 11.9. The van der Waals surface area contributed by atoms with Crippen molar-refractivity contribution in [3.63, 3.8) is 0 Å². The Bertz CT molecular complexity index is 1390. The molecular formula is C28H31ClN4O5. The minimum Gasteiger partial charge on any atom is -0.493 e. The van der Waals surface area contributed by atoms with Crippen LogP contribution in [0.3, 0.4) is 0 Å².